The monoisotopic (exact) mass is 394 g/mol. The van der Waals surface area contributed by atoms with E-state index in [0.29, 0.717) is 5.56 Å². The van der Waals surface area contributed by atoms with E-state index in [1.54, 1.807) is 13.0 Å². The van der Waals surface area contributed by atoms with Crippen LogP contribution in [0.1, 0.15) is 25.8 Å². The van der Waals surface area contributed by atoms with E-state index < -0.39 is 41.7 Å². The maximum atomic E-state index is 13.3. The molecule has 1 rings (SSSR count). The molecule has 0 saturated heterocycles. The number of carboxylic acid groups (broad SMARTS) is 1. The third-order valence-corrected chi connectivity index (χ3v) is 3.55. The minimum atomic E-state index is -1.32. The van der Waals surface area contributed by atoms with Gasteiger partial charge in [-0.15, -0.1) is 0 Å². The Morgan fingerprint density at radius 1 is 1.21 bits per heavy atom. The topological polar surface area (TPSA) is 122 Å². The maximum absolute atomic E-state index is 13.3. The van der Waals surface area contributed by atoms with Gasteiger partial charge in [-0.1, -0.05) is 18.2 Å². The van der Waals surface area contributed by atoms with E-state index >= 15 is 0 Å². The molecule has 1 aromatic carbocycles. The number of hydrogen-bond donors (Lipinski definition) is 3. The zero-order valence-corrected chi connectivity index (χ0v) is 15.6. The van der Waals surface area contributed by atoms with Gasteiger partial charge in [-0.3, -0.25) is 9.59 Å². The predicted octanol–water partition coefficient (Wildman–Crippen LogP) is 0.952. The molecule has 0 heterocycles. The zero-order chi connectivity index (χ0) is 21.1. The van der Waals surface area contributed by atoms with E-state index in [9.17, 15) is 28.7 Å². The molecule has 28 heavy (non-hydrogen) atoms. The summed E-state index contributed by atoms with van der Waals surface area (Å²) < 4.78 is 18.0. The Hall–Kier alpha value is -3.23. The Kier molecular flexibility index (Phi) is 9.35. The van der Waals surface area contributed by atoms with Gasteiger partial charge in [0.25, 0.3) is 0 Å². The fourth-order valence-electron chi connectivity index (χ4n) is 2.34. The minimum Gasteiger partial charge on any atom is -0.480 e. The third kappa shape index (κ3) is 8.43. The second kappa shape index (κ2) is 11.5. The fourth-order valence-corrected chi connectivity index (χ4v) is 2.34. The van der Waals surface area contributed by atoms with E-state index in [-0.39, 0.29) is 19.4 Å². The molecule has 9 heteroatoms. The minimum absolute atomic E-state index is 0.0197. The zero-order valence-electron chi connectivity index (χ0n) is 15.6. The van der Waals surface area contributed by atoms with Crippen LogP contribution in [-0.4, -0.2) is 47.6 Å². The Balaban J connectivity index is 2.83. The van der Waals surface area contributed by atoms with Crippen LogP contribution >= 0.6 is 0 Å². The summed E-state index contributed by atoms with van der Waals surface area (Å²) in [4.78, 5) is 46.5. The fraction of sp³-hybridized carbons (Fsp3) is 0.368. The van der Waals surface area contributed by atoms with Crippen molar-refractivity contribution in [3.8, 4) is 0 Å². The average Bonchev–Trinajstić information content (AvgIpc) is 2.60. The number of rotatable bonds is 10. The number of esters is 1. The summed E-state index contributed by atoms with van der Waals surface area (Å²) in [5.74, 6) is -3.66. The second-order valence-corrected chi connectivity index (χ2v) is 5.88. The van der Waals surface area contributed by atoms with Crippen LogP contribution in [0.3, 0.4) is 0 Å². The highest BCUT2D eigenvalue weighted by atomic mass is 19.1. The van der Waals surface area contributed by atoms with Gasteiger partial charge in [0.2, 0.25) is 11.8 Å². The second-order valence-electron chi connectivity index (χ2n) is 5.88. The Morgan fingerprint density at radius 2 is 1.93 bits per heavy atom. The predicted molar refractivity (Wildman–Crippen MR) is 97.7 cm³/mol. The highest BCUT2D eigenvalue weighted by Gasteiger charge is 2.25. The van der Waals surface area contributed by atoms with Crippen LogP contribution < -0.4 is 10.6 Å². The summed E-state index contributed by atoms with van der Waals surface area (Å²) in [5.41, 5.74) is 0.461. The van der Waals surface area contributed by atoms with E-state index in [2.05, 4.69) is 15.4 Å². The van der Waals surface area contributed by atoms with Crippen LogP contribution in [0.15, 0.2) is 36.4 Å². The molecule has 0 aliphatic rings. The van der Waals surface area contributed by atoms with E-state index in [4.69, 9.17) is 0 Å². The number of carboxylic acids is 1. The van der Waals surface area contributed by atoms with Crippen molar-refractivity contribution in [3.05, 3.63) is 47.8 Å². The van der Waals surface area contributed by atoms with Crippen LogP contribution in [0, 0.1) is 5.82 Å². The van der Waals surface area contributed by atoms with Crippen molar-refractivity contribution in [2.24, 2.45) is 0 Å². The molecule has 0 spiro atoms. The number of nitrogens with one attached hydrogen (secondary N) is 2. The average molecular weight is 394 g/mol. The van der Waals surface area contributed by atoms with Crippen LogP contribution in [0.5, 0.6) is 0 Å². The van der Waals surface area contributed by atoms with Gasteiger partial charge < -0.3 is 20.5 Å². The van der Waals surface area contributed by atoms with Gasteiger partial charge in [0.05, 0.1) is 6.61 Å². The van der Waals surface area contributed by atoms with E-state index in [0.717, 1.165) is 6.08 Å². The van der Waals surface area contributed by atoms with Crippen molar-refractivity contribution < 1.29 is 33.4 Å². The molecule has 8 nitrogen and oxygen atoms in total. The smallest absolute Gasteiger partial charge is 0.330 e. The maximum Gasteiger partial charge on any atom is 0.330 e. The van der Waals surface area contributed by atoms with Crippen molar-refractivity contribution >= 4 is 23.8 Å². The molecule has 0 aromatic heterocycles. The van der Waals surface area contributed by atoms with Crippen molar-refractivity contribution in [1.82, 2.24) is 10.6 Å². The van der Waals surface area contributed by atoms with Crippen molar-refractivity contribution in [3.63, 3.8) is 0 Å². The number of aliphatic carboxylic acids is 1. The lowest BCUT2D eigenvalue weighted by Crippen LogP contribution is -2.52. The normalized spacial score (nSPS) is 12.8. The molecule has 3 N–H and O–H groups in total. The van der Waals surface area contributed by atoms with Crippen molar-refractivity contribution in [1.29, 1.82) is 0 Å². The molecule has 0 aliphatic heterocycles. The number of carbonyl (C=O) groups is 4. The summed E-state index contributed by atoms with van der Waals surface area (Å²) in [6.45, 7) is 3.02. The van der Waals surface area contributed by atoms with E-state index in [1.165, 1.54) is 31.2 Å². The molecular formula is C19H23FN2O6. The lowest BCUT2D eigenvalue weighted by molar-refractivity contribution is -0.142. The van der Waals surface area contributed by atoms with Crippen LogP contribution in [-0.2, 0) is 30.3 Å². The standard InChI is InChI=1S/C19H23FN2O6/c1-3-28-17(24)9-5-8-15(19(26)27)22-18(25)16(21-12(2)23)11-13-6-4-7-14(20)10-13/h4-7,9-10,15-16H,3,8,11H2,1-2H3,(H,21,23)(H,22,25)(H,26,27)/b9-5+/t15-,16+/m1/s1. The first-order valence-electron chi connectivity index (χ1n) is 8.61. The number of benzene rings is 1. The summed E-state index contributed by atoms with van der Waals surface area (Å²) >= 11 is 0. The number of carbonyl (C=O) groups excluding carboxylic acids is 3. The molecular weight excluding hydrogens is 371 g/mol. The lowest BCUT2D eigenvalue weighted by Gasteiger charge is -2.20. The summed E-state index contributed by atoms with van der Waals surface area (Å²) in [6.07, 6.45) is 2.17. The molecule has 0 radical (unpaired) electrons. The van der Waals surface area contributed by atoms with Crippen molar-refractivity contribution in [2.45, 2.75) is 38.8 Å². The highest BCUT2D eigenvalue weighted by molar-refractivity contribution is 5.90. The van der Waals surface area contributed by atoms with Gasteiger partial charge in [0, 0.05) is 19.4 Å². The summed E-state index contributed by atoms with van der Waals surface area (Å²) in [7, 11) is 0. The number of halogens is 1. The molecule has 2 atom stereocenters. The first kappa shape index (κ1) is 22.8. The Labute approximate surface area is 161 Å². The van der Waals surface area contributed by atoms with Gasteiger partial charge >= 0.3 is 11.9 Å². The molecule has 152 valence electrons. The molecule has 0 bridgehead atoms. The van der Waals surface area contributed by atoms with Crippen LogP contribution in [0.4, 0.5) is 4.39 Å². The Morgan fingerprint density at radius 3 is 2.50 bits per heavy atom. The summed E-state index contributed by atoms with van der Waals surface area (Å²) in [5, 5.41) is 14.0. The lowest BCUT2D eigenvalue weighted by atomic mass is 10.0. The first-order chi connectivity index (χ1) is 13.2. The van der Waals surface area contributed by atoms with Gasteiger partial charge in [0.15, 0.2) is 0 Å². The number of amides is 2. The Bertz CT molecular complexity index is 750. The van der Waals surface area contributed by atoms with E-state index in [1.807, 2.05) is 0 Å². The van der Waals surface area contributed by atoms with Crippen LogP contribution in [0.25, 0.3) is 0 Å². The molecule has 0 saturated carbocycles. The first-order valence-corrected chi connectivity index (χ1v) is 8.61. The molecule has 0 aliphatic carbocycles. The highest BCUT2D eigenvalue weighted by Crippen LogP contribution is 2.08. The van der Waals surface area contributed by atoms with Crippen molar-refractivity contribution in [2.75, 3.05) is 6.61 Å². The third-order valence-electron chi connectivity index (χ3n) is 3.55. The van der Waals surface area contributed by atoms with Gasteiger partial charge in [0.1, 0.15) is 17.9 Å². The molecule has 0 fully saturated rings. The van der Waals surface area contributed by atoms with Gasteiger partial charge in [-0.2, -0.15) is 0 Å². The van der Waals surface area contributed by atoms with Gasteiger partial charge in [-0.05, 0) is 31.0 Å². The summed E-state index contributed by atoms with van der Waals surface area (Å²) in [6, 6.07) is 3.11. The molecule has 2 amide bonds. The number of ether oxygens (including phenoxy) is 1. The van der Waals surface area contributed by atoms with Gasteiger partial charge in [-0.25, -0.2) is 14.0 Å². The van der Waals surface area contributed by atoms with Crippen LogP contribution in [0.2, 0.25) is 0 Å². The molecule has 1 aromatic rings. The largest absolute Gasteiger partial charge is 0.480 e. The molecule has 0 unspecified atom stereocenters. The SMILES string of the molecule is CCOC(=O)/C=C/C[C@@H](NC(=O)[C@H](Cc1cccc(F)c1)NC(C)=O)C(=O)O. The quantitative estimate of drug-likeness (QED) is 0.401. The number of hydrogen-bond acceptors (Lipinski definition) is 5.